The first-order valence-corrected chi connectivity index (χ1v) is 10.9. The Labute approximate surface area is 165 Å². The number of hydrogen-bond acceptors (Lipinski definition) is 7. The Morgan fingerprint density at radius 3 is 1.15 bits per heavy atom. The lowest BCUT2D eigenvalue weighted by Crippen LogP contribution is -1.96. The van der Waals surface area contributed by atoms with Crippen molar-refractivity contribution in [2.45, 2.75) is 0 Å². The number of hydrogen-bond donors (Lipinski definition) is 0. The summed E-state index contributed by atoms with van der Waals surface area (Å²) in [5, 5.41) is 3.70. The molecule has 4 aromatic rings. The van der Waals surface area contributed by atoms with Gasteiger partial charge in [-0.2, -0.15) is 0 Å². The predicted octanol–water partition coefficient (Wildman–Crippen LogP) is 5.63. The Morgan fingerprint density at radius 2 is 0.846 bits per heavy atom. The highest BCUT2D eigenvalue weighted by atomic mass is 32.1. The van der Waals surface area contributed by atoms with E-state index in [0.29, 0.717) is 29.3 Å². The summed E-state index contributed by atoms with van der Waals surface area (Å²) < 4.78 is 0. The van der Waals surface area contributed by atoms with Gasteiger partial charge in [-0.15, -0.1) is 45.3 Å². The molecular formula is C19H10O3S4. The monoisotopic (exact) mass is 414 g/mol. The molecule has 0 amide bonds. The van der Waals surface area contributed by atoms with Crippen molar-refractivity contribution in [3.8, 4) is 0 Å². The van der Waals surface area contributed by atoms with E-state index in [0.717, 1.165) is 0 Å². The van der Waals surface area contributed by atoms with E-state index in [1.165, 1.54) is 45.3 Å². The van der Waals surface area contributed by atoms with E-state index in [1.54, 1.807) is 36.4 Å². The van der Waals surface area contributed by atoms with Crippen LogP contribution in [-0.2, 0) is 0 Å². The third-order valence-electron chi connectivity index (χ3n) is 3.60. The van der Waals surface area contributed by atoms with Crippen LogP contribution in [0.5, 0.6) is 0 Å². The second-order valence-electron chi connectivity index (χ2n) is 5.27. The molecule has 0 aromatic carbocycles. The summed E-state index contributed by atoms with van der Waals surface area (Å²) >= 11 is 5.14. The van der Waals surface area contributed by atoms with Crippen molar-refractivity contribution in [3.63, 3.8) is 0 Å². The first-order valence-electron chi connectivity index (χ1n) is 7.54. The third kappa shape index (κ3) is 3.26. The molecule has 3 nitrogen and oxygen atoms in total. The van der Waals surface area contributed by atoms with Crippen LogP contribution in [0.3, 0.4) is 0 Å². The summed E-state index contributed by atoms with van der Waals surface area (Å²) in [6, 6.07) is 13.9. The van der Waals surface area contributed by atoms with Crippen LogP contribution < -0.4 is 0 Å². The van der Waals surface area contributed by atoms with Gasteiger partial charge in [0.05, 0.1) is 29.3 Å². The fourth-order valence-electron chi connectivity index (χ4n) is 2.34. The van der Waals surface area contributed by atoms with Crippen LogP contribution in [0.25, 0.3) is 0 Å². The Balaban J connectivity index is 1.55. The SMILES string of the molecule is O=C(c1cccs1)c1ccc(C(=O)c2ccc(C(=O)c3cccs3)s2)s1. The average Bonchev–Trinajstić information content (AvgIpc) is 3.45. The quantitative estimate of drug-likeness (QED) is 0.385. The van der Waals surface area contributed by atoms with Crippen LogP contribution in [0.15, 0.2) is 59.3 Å². The van der Waals surface area contributed by atoms with Crippen LogP contribution in [0.2, 0.25) is 0 Å². The van der Waals surface area contributed by atoms with E-state index in [-0.39, 0.29) is 17.3 Å². The highest BCUT2D eigenvalue weighted by Crippen LogP contribution is 2.28. The maximum atomic E-state index is 12.7. The summed E-state index contributed by atoms with van der Waals surface area (Å²) in [5.74, 6) is -0.289. The first-order chi connectivity index (χ1) is 12.6. The zero-order chi connectivity index (χ0) is 18.1. The summed E-state index contributed by atoms with van der Waals surface area (Å²) in [7, 11) is 0. The van der Waals surface area contributed by atoms with Gasteiger partial charge in [0.25, 0.3) is 0 Å². The number of thiophene rings is 4. The van der Waals surface area contributed by atoms with E-state index in [4.69, 9.17) is 0 Å². The van der Waals surface area contributed by atoms with Gasteiger partial charge in [-0.05, 0) is 47.2 Å². The van der Waals surface area contributed by atoms with E-state index in [2.05, 4.69) is 0 Å². The van der Waals surface area contributed by atoms with Gasteiger partial charge < -0.3 is 0 Å². The number of ketones is 3. The van der Waals surface area contributed by atoms with Gasteiger partial charge in [-0.1, -0.05) is 12.1 Å². The molecule has 0 atom stereocenters. The van der Waals surface area contributed by atoms with Crippen LogP contribution in [0, 0.1) is 0 Å². The molecule has 7 heteroatoms. The van der Waals surface area contributed by atoms with Gasteiger partial charge in [0.15, 0.2) is 0 Å². The van der Waals surface area contributed by atoms with Crippen LogP contribution in [0.4, 0.5) is 0 Å². The van der Waals surface area contributed by atoms with Crippen molar-refractivity contribution in [1.82, 2.24) is 0 Å². The van der Waals surface area contributed by atoms with Gasteiger partial charge in [0.2, 0.25) is 17.3 Å². The molecule has 4 aromatic heterocycles. The molecule has 26 heavy (non-hydrogen) atoms. The summed E-state index contributed by atoms with van der Waals surface area (Å²) in [6.45, 7) is 0. The molecule has 0 bridgehead atoms. The van der Waals surface area contributed by atoms with Gasteiger partial charge in [0.1, 0.15) is 0 Å². The summed E-state index contributed by atoms with van der Waals surface area (Å²) in [6.07, 6.45) is 0. The Bertz CT molecular complexity index is 995. The van der Waals surface area contributed by atoms with Crippen molar-refractivity contribution >= 4 is 62.7 Å². The Hall–Kier alpha value is -2.19. The molecule has 0 N–H and O–H groups in total. The highest BCUT2D eigenvalue weighted by molar-refractivity contribution is 7.21. The number of carbonyl (C=O) groups excluding carboxylic acids is 3. The lowest BCUT2D eigenvalue weighted by Gasteiger charge is -1.94. The standard InChI is InChI=1S/C19H10O3S4/c20-17(11-3-1-9-23-11)13-5-7-15(25-13)19(22)16-8-6-14(26-16)18(21)12-4-2-10-24-12/h1-10H. The summed E-state index contributed by atoms with van der Waals surface area (Å²) in [5.41, 5.74) is 0. The second kappa shape index (κ2) is 7.20. The largest absolute Gasteiger partial charge is 0.287 e. The van der Waals surface area contributed by atoms with Gasteiger partial charge in [-0.25, -0.2) is 0 Å². The molecule has 0 fully saturated rings. The highest BCUT2D eigenvalue weighted by Gasteiger charge is 2.20. The number of rotatable bonds is 6. The molecular weight excluding hydrogens is 404 g/mol. The first kappa shape index (κ1) is 17.2. The third-order valence-corrected chi connectivity index (χ3v) is 7.50. The molecule has 0 aliphatic heterocycles. The van der Waals surface area contributed by atoms with Crippen LogP contribution in [-0.4, -0.2) is 17.3 Å². The van der Waals surface area contributed by atoms with Gasteiger partial charge in [0, 0.05) is 0 Å². The molecule has 0 aliphatic rings. The van der Waals surface area contributed by atoms with Gasteiger partial charge >= 0.3 is 0 Å². The van der Waals surface area contributed by atoms with Crippen molar-refractivity contribution in [2.24, 2.45) is 0 Å². The molecule has 0 radical (unpaired) electrons. The zero-order valence-corrected chi connectivity index (χ0v) is 16.4. The average molecular weight is 415 g/mol. The topological polar surface area (TPSA) is 51.2 Å². The van der Waals surface area contributed by atoms with Crippen LogP contribution >= 0.6 is 45.3 Å². The molecule has 0 spiro atoms. The lowest BCUT2D eigenvalue weighted by atomic mass is 10.2. The predicted molar refractivity (Wildman–Crippen MR) is 108 cm³/mol. The molecule has 4 rings (SSSR count). The second-order valence-corrected chi connectivity index (χ2v) is 9.33. The smallest absolute Gasteiger partial charge is 0.212 e. The van der Waals surface area contributed by atoms with Crippen molar-refractivity contribution in [1.29, 1.82) is 0 Å². The lowest BCUT2D eigenvalue weighted by molar-refractivity contribution is 0.103. The minimum Gasteiger partial charge on any atom is -0.287 e. The van der Waals surface area contributed by atoms with E-state index in [9.17, 15) is 14.4 Å². The van der Waals surface area contributed by atoms with Crippen molar-refractivity contribution in [3.05, 3.63) is 88.6 Å². The molecule has 0 saturated carbocycles. The maximum absolute atomic E-state index is 12.7. The molecule has 4 heterocycles. The van der Waals surface area contributed by atoms with Crippen LogP contribution in [0.1, 0.15) is 43.6 Å². The zero-order valence-electron chi connectivity index (χ0n) is 13.1. The maximum Gasteiger partial charge on any atom is 0.212 e. The van der Waals surface area contributed by atoms with E-state index >= 15 is 0 Å². The van der Waals surface area contributed by atoms with E-state index in [1.807, 2.05) is 22.9 Å². The van der Waals surface area contributed by atoms with E-state index < -0.39 is 0 Å². The number of carbonyl (C=O) groups is 3. The van der Waals surface area contributed by atoms with Gasteiger partial charge in [-0.3, -0.25) is 14.4 Å². The van der Waals surface area contributed by atoms with Crippen molar-refractivity contribution < 1.29 is 14.4 Å². The molecule has 128 valence electrons. The van der Waals surface area contributed by atoms with Crippen molar-refractivity contribution in [2.75, 3.05) is 0 Å². The normalized spacial score (nSPS) is 10.8. The molecule has 0 aliphatic carbocycles. The summed E-state index contributed by atoms with van der Waals surface area (Å²) in [4.78, 5) is 40.8. The fourth-order valence-corrected chi connectivity index (χ4v) is 5.72. The fraction of sp³-hybridized carbons (Fsp3) is 0. The minimum absolute atomic E-state index is 0.0659. The minimum atomic E-state index is -0.157. The molecule has 0 saturated heterocycles. The Morgan fingerprint density at radius 1 is 0.500 bits per heavy atom. The molecule has 0 unspecified atom stereocenters. The Kier molecular flexibility index (Phi) is 4.78.